The Bertz CT molecular complexity index is 417. The molecule has 22 heavy (non-hydrogen) atoms. The molecule has 0 saturated carbocycles. The third-order valence-electron chi connectivity index (χ3n) is 3.11. The van der Waals surface area contributed by atoms with E-state index in [2.05, 4.69) is 4.90 Å². The van der Waals surface area contributed by atoms with E-state index in [1.54, 1.807) is 19.2 Å². The van der Waals surface area contributed by atoms with Crippen molar-refractivity contribution in [3.8, 4) is 0 Å². The third kappa shape index (κ3) is 8.44. The zero-order chi connectivity index (χ0) is 16.6. The molecule has 0 fully saturated rings. The van der Waals surface area contributed by atoms with Gasteiger partial charge in [0.2, 0.25) is 0 Å². The van der Waals surface area contributed by atoms with Crippen LogP contribution >= 0.6 is 0 Å². The molecule has 1 aromatic rings. The number of nitrogens with zero attached hydrogens (tertiary/aromatic N) is 1. The number of ether oxygens (including phenoxy) is 2. The van der Waals surface area contributed by atoms with Gasteiger partial charge in [0.1, 0.15) is 5.82 Å². The zero-order valence-corrected chi connectivity index (χ0v) is 14.0. The number of benzene rings is 1. The number of halogens is 1. The number of aliphatic hydroxyl groups excluding tert-OH is 1. The minimum absolute atomic E-state index is 0.245. The summed E-state index contributed by atoms with van der Waals surface area (Å²) in [4.78, 5) is 2.08. The molecular weight excluding hydrogens is 285 g/mol. The second kappa shape index (κ2) is 9.20. The topological polar surface area (TPSA) is 41.9 Å². The Balaban J connectivity index is 2.54. The van der Waals surface area contributed by atoms with Crippen LogP contribution in [0.15, 0.2) is 24.3 Å². The second-order valence-corrected chi connectivity index (χ2v) is 6.43. The maximum atomic E-state index is 13.0. The SMILES string of the molecule is COCCN(Cc1ccc(F)cc1)C[C@@H](O)COC(C)(C)C. The van der Waals surface area contributed by atoms with E-state index in [0.717, 1.165) is 5.56 Å². The van der Waals surface area contributed by atoms with Crippen molar-refractivity contribution in [3.63, 3.8) is 0 Å². The highest BCUT2D eigenvalue weighted by atomic mass is 19.1. The smallest absolute Gasteiger partial charge is 0.123 e. The molecule has 0 aliphatic heterocycles. The summed E-state index contributed by atoms with van der Waals surface area (Å²) in [5, 5.41) is 10.1. The van der Waals surface area contributed by atoms with Crippen LogP contribution in [0.4, 0.5) is 4.39 Å². The molecule has 0 spiro atoms. The Kier molecular flexibility index (Phi) is 7.96. The first-order valence-electron chi connectivity index (χ1n) is 7.58. The molecule has 0 aliphatic rings. The van der Waals surface area contributed by atoms with E-state index in [0.29, 0.717) is 26.2 Å². The van der Waals surface area contributed by atoms with E-state index in [9.17, 15) is 9.50 Å². The molecule has 0 saturated heterocycles. The molecule has 1 rings (SSSR count). The maximum absolute atomic E-state index is 13.0. The summed E-state index contributed by atoms with van der Waals surface area (Å²) in [5.41, 5.74) is 0.733. The normalized spacial score (nSPS) is 13.6. The lowest BCUT2D eigenvalue weighted by molar-refractivity contribution is -0.0576. The lowest BCUT2D eigenvalue weighted by Gasteiger charge is -2.27. The largest absolute Gasteiger partial charge is 0.389 e. The molecule has 4 nitrogen and oxygen atoms in total. The van der Waals surface area contributed by atoms with Gasteiger partial charge in [-0.1, -0.05) is 12.1 Å². The fourth-order valence-electron chi connectivity index (χ4n) is 2.00. The van der Waals surface area contributed by atoms with Crippen molar-refractivity contribution in [1.29, 1.82) is 0 Å². The van der Waals surface area contributed by atoms with Crippen molar-refractivity contribution in [2.75, 3.05) is 33.4 Å². The molecule has 0 bridgehead atoms. The molecule has 5 heteroatoms. The molecule has 0 unspecified atom stereocenters. The minimum atomic E-state index is -0.573. The van der Waals surface area contributed by atoms with Crippen molar-refractivity contribution in [1.82, 2.24) is 4.90 Å². The monoisotopic (exact) mass is 313 g/mol. The first-order chi connectivity index (χ1) is 10.3. The summed E-state index contributed by atoms with van der Waals surface area (Å²) in [6, 6.07) is 6.41. The lowest BCUT2D eigenvalue weighted by atomic mass is 10.2. The van der Waals surface area contributed by atoms with E-state index in [1.807, 2.05) is 20.8 Å². The first-order valence-corrected chi connectivity index (χ1v) is 7.58. The van der Waals surface area contributed by atoms with E-state index < -0.39 is 6.10 Å². The standard InChI is InChI=1S/C17H28FNO3/c1-17(2,3)22-13-16(20)12-19(9-10-21-4)11-14-5-7-15(18)8-6-14/h5-8,16,20H,9-13H2,1-4H3/t16-/m1/s1. The zero-order valence-electron chi connectivity index (χ0n) is 14.0. The summed E-state index contributed by atoms with van der Waals surface area (Å²) in [6.45, 7) is 8.56. The Labute approximate surface area is 132 Å². The Morgan fingerprint density at radius 2 is 1.86 bits per heavy atom. The van der Waals surface area contributed by atoms with Gasteiger partial charge >= 0.3 is 0 Å². The molecule has 1 N–H and O–H groups in total. The van der Waals surface area contributed by atoms with Crippen molar-refractivity contribution >= 4 is 0 Å². The van der Waals surface area contributed by atoms with E-state index in [1.165, 1.54) is 12.1 Å². The van der Waals surface area contributed by atoms with Gasteiger partial charge in [0.25, 0.3) is 0 Å². The Morgan fingerprint density at radius 3 is 2.41 bits per heavy atom. The van der Waals surface area contributed by atoms with Gasteiger partial charge in [-0.05, 0) is 38.5 Å². The maximum Gasteiger partial charge on any atom is 0.123 e. The van der Waals surface area contributed by atoms with Gasteiger partial charge in [0.15, 0.2) is 0 Å². The number of aliphatic hydroxyl groups is 1. The van der Waals surface area contributed by atoms with Gasteiger partial charge in [0.05, 0.1) is 24.9 Å². The first kappa shape index (κ1) is 19.0. The molecule has 0 amide bonds. The predicted molar refractivity (Wildman–Crippen MR) is 85.3 cm³/mol. The minimum Gasteiger partial charge on any atom is -0.389 e. The number of hydrogen-bond acceptors (Lipinski definition) is 4. The Morgan fingerprint density at radius 1 is 1.23 bits per heavy atom. The van der Waals surface area contributed by atoms with E-state index in [-0.39, 0.29) is 18.0 Å². The van der Waals surface area contributed by atoms with Gasteiger partial charge < -0.3 is 14.6 Å². The van der Waals surface area contributed by atoms with Crippen LogP contribution < -0.4 is 0 Å². The van der Waals surface area contributed by atoms with Crippen molar-refractivity contribution in [2.24, 2.45) is 0 Å². The molecule has 1 aromatic carbocycles. The molecule has 1 atom stereocenters. The average molecular weight is 313 g/mol. The molecule has 0 radical (unpaired) electrons. The van der Waals surface area contributed by atoms with Crippen molar-refractivity contribution < 1.29 is 19.0 Å². The third-order valence-corrected chi connectivity index (χ3v) is 3.11. The van der Waals surface area contributed by atoms with Gasteiger partial charge in [0, 0.05) is 26.7 Å². The van der Waals surface area contributed by atoms with Crippen LogP contribution in [-0.2, 0) is 16.0 Å². The lowest BCUT2D eigenvalue weighted by Crippen LogP contribution is -2.38. The van der Waals surface area contributed by atoms with Crippen LogP contribution in [-0.4, -0.2) is 55.1 Å². The molecular formula is C17H28FNO3. The highest BCUT2D eigenvalue weighted by Crippen LogP contribution is 2.10. The number of methoxy groups -OCH3 is 1. The summed E-state index contributed by atoms with van der Waals surface area (Å²) in [6.07, 6.45) is -0.573. The highest BCUT2D eigenvalue weighted by Gasteiger charge is 2.16. The van der Waals surface area contributed by atoms with Crippen molar-refractivity contribution in [2.45, 2.75) is 39.0 Å². The fraction of sp³-hybridized carbons (Fsp3) is 0.647. The van der Waals surface area contributed by atoms with Crippen LogP contribution in [0, 0.1) is 5.82 Å². The molecule has 0 aliphatic carbocycles. The second-order valence-electron chi connectivity index (χ2n) is 6.43. The van der Waals surface area contributed by atoms with Crippen molar-refractivity contribution in [3.05, 3.63) is 35.6 Å². The molecule has 126 valence electrons. The van der Waals surface area contributed by atoms with Crippen LogP contribution in [0.5, 0.6) is 0 Å². The molecule has 0 aromatic heterocycles. The average Bonchev–Trinajstić information content (AvgIpc) is 2.44. The van der Waals surface area contributed by atoms with Gasteiger partial charge in [-0.3, -0.25) is 4.90 Å². The van der Waals surface area contributed by atoms with Gasteiger partial charge in [-0.2, -0.15) is 0 Å². The fourth-order valence-corrected chi connectivity index (χ4v) is 2.00. The van der Waals surface area contributed by atoms with Crippen LogP contribution in [0.25, 0.3) is 0 Å². The molecule has 0 heterocycles. The number of rotatable bonds is 9. The summed E-state index contributed by atoms with van der Waals surface area (Å²) in [7, 11) is 1.65. The van der Waals surface area contributed by atoms with Gasteiger partial charge in [-0.25, -0.2) is 4.39 Å². The summed E-state index contributed by atoms with van der Waals surface area (Å²) in [5.74, 6) is -0.245. The Hall–Kier alpha value is -1.01. The quantitative estimate of drug-likeness (QED) is 0.760. The van der Waals surface area contributed by atoms with E-state index in [4.69, 9.17) is 9.47 Å². The van der Waals surface area contributed by atoms with Crippen LogP contribution in [0.3, 0.4) is 0 Å². The summed E-state index contributed by atoms with van der Waals surface area (Å²) >= 11 is 0. The highest BCUT2D eigenvalue weighted by molar-refractivity contribution is 5.15. The number of hydrogen-bond donors (Lipinski definition) is 1. The van der Waals surface area contributed by atoms with Crippen LogP contribution in [0.1, 0.15) is 26.3 Å². The van der Waals surface area contributed by atoms with Gasteiger partial charge in [-0.15, -0.1) is 0 Å². The van der Waals surface area contributed by atoms with E-state index >= 15 is 0 Å². The summed E-state index contributed by atoms with van der Waals surface area (Å²) < 4.78 is 23.7. The predicted octanol–water partition coefficient (Wildman–Crippen LogP) is 2.45. The van der Waals surface area contributed by atoms with Crippen LogP contribution in [0.2, 0.25) is 0 Å².